The van der Waals surface area contributed by atoms with Gasteiger partial charge in [-0.05, 0) is 18.2 Å². The Morgan fingerprint density at radius 2 is 2.00 bits per heavy atom. The van der Waals surface area contributed by atoms with Crippen LogP contribution in [0.15, 0.2) is 30.5 Å². The van der Waals surface area contributed by atoms with Crippen LogP contribution in [-0.4, -0.2) is 12.1 Å². The van der Waals surface area contributed by atoms with E-state index in [1.54, 1.807) is 6.07 Å². The lowest BCUT2D eigenvalue weighted by Crippen LogP contribution is -1.96. The summed E-state index contributed by atoms with van der Waals surface area (Å²) in [6.07, 6.45) is 1.04. The average molecular weight is 236 g/mol. The molecule has 1 aromatic carbocycles. The number of nitrogen functional groups attached to an aromatic ring is 1. The SMILES string of the molecule is COc1ccc(-c2ncc(F)cc2N)cc1F. The van der Waals surface area contributed by atoms with Crippen molar-refractivity contribution in [2.45, 2.75) is 0 Å². The van der Waals surface area contributed by atoms with Crippen LogP contribution < -0.4 is 10.5 Å². The van der Waals surface area contributed by atoms with E-state index in [0.29, 0.717) is 11.3 Å². The van der Waals surface area contributed by atoms with Gasteiger partial charge in [0.1, 0.15) is 5.82 Å². The molecule has 0 bridgehead atoms. The molecule has 0 radical (unpaired) electrons. The van der Waals surface area contributed by atoms with Crippen molar-refractivity contribution in [2.75, 3.05) is 12.8 Å². The van der Waals surface area contributed by atoms with E-state index in [4.69, 9.17) is 10.5 Å². The van der Waals surface area contributed by atoms with Crippen molar-refractivity contribution in [3.05, 3.63) is 42.1 Å². The molecular formula is C12H10F2N2O. The van der Waals surface area contributed by atoms with Crippen LogP contribution in [0.2, 0.25) is 0 Å². The molecule has 3 nitrogen and oxygen atoms in total. The fourth-order valence-electron chi connectivity index (χ4n) is 1.51. The van der Waals surface area contributed by atoms with Crippen LogP contribution in [0.4, 0.5) is 14.5 Å². The van der Waals surface area contributed by atoms with Gasteiger partial charge in [0.05, 0.1) is 24.7 Å². The van der Waals surface area contributed by atoms with Crippen LogP contribution in [0.3, 0.4) is 0 Å². The van der Waals surface area contributed by atoms with E-state index in [1.807, 2.05) is 0 Å². The maximum atomic E-state index is 13.5. The Balaban J connectivity index is 2.50. The molecule has 0 saturated carbocycles. The highest BCUT2D eigenvalue weighted by Gasteiger charge is 2.09. The van der Waals surface area contributed by atoms with Crippen molar-refractivity contribution in [3.63, 3.8) is 0 Å². The number of methoxy groups -OCH3 is 1. The van der Waals surface area contributed by atoms with Crippen molar-refractivity contribution in [2.24, 2.45) is 0 Å². The summed E-state index contributed by atoms with van der Waals surface area (Å²) in [4.78, 5) is 3.84. The minimum Gasteiger partial charge on any atom is -0.494 e. The Bertz CT molecular complexity index is 558. The van der Waals surface area contributed by atoms with E-state index >= 15 is 0 Å². The molecule has 0 aliphatic carbocycles. The normalized spacial score (nSPS) is 10.3. The number of hydrogen-bond acceptors (Lipinski definition) is 3. The molecule has 17 heavy (non-hydrogen) atoms. The van der Waals surface area contributed by atoms with Gasteiger partial charge >= 0.3 is 0 Å². The molecule has 0 unspecified atom stereocenters. The standard InChI is InChI=1S/C12H10F2N2O/c1-17-11-3-2-7(4-9(11)14)12-10(15)5-8(13)6-16-12/h2-6H,15H2,1H3. The summed E-state index contributed by atoms with van der Waals surface area (Å²) in [6.45, 7) is 0. The molecule has 2 rings (SSSR count). The third kappa shape index (κ3) is 2.18. The second-order valence-corrected chi connectivity index (χ2v) is 3.44. The van der Waals surface area contributed by atoms with Gasteiger partial charge in [0, 0.05) is 11.6 Å². The highest BCUT2D eigenvalue weighted by atomic mass is 19.1. The number of aromatic nitrogens is 1. The lowest BCUT2D eigenvalue weighted by molar-refractivity contribution is 0.386. The molecule has 2 aromatic rings. The van der Waals surface area contributed by atoms with Gasteiger partial charge in [0.25, 0.3) is 0 Å². The van der Waals surface area contributed by atoms with Gasteiger partial charge in [0.15, 0.2) is 11.6 Å². The first-order chi connectivity index (χ1) is 8.11. The van der Waals surface area contributed by atoms with Crippen LogP contribution in [0.25, 0.3) is 11.3 Å². The second-order valence-electron chi connectivity index (χ2n) is 3.44. The lowest BCUT2D eigenvalue weighted by Gasteiger charge is -2.07. The molecular weight excluding hydrogens is 226 g/mol. The zero-order chi connectivity index (χ0) is 12.4. The van der Waals surface area contributed by atoms with Crippen LogP contribution >= 0.6 is 0 Å². The predicted molar refractivity (Wildman–Crippen MR) is 60.6 cm³/mol. The minimum absolute atomic E-state index is 0.134. The van der Waals surface area contributed by atoms with E-state index in [9.17, 15) is 8.78 Å². The van der Waals surface area contributed by atoms with Crippen molar-refractivity contribution < 1.29 is 13.5 Å². The summed E-state index contributed by atoms with van der Waals surface area (Å²) in [5, 5.41) is 0. The van der Waals surface area contributed by atoms with Gasteiger partial charge in [-0.25, -0.2) is 8.78 Å². The zero-order valence-electron chi connectivity index (χ0n) is 9.08. The maximum absolute atomic E-state index is 13.5. The van der Waals surface area contributed by atoms with Crippen LogP contribution in [-0.2, 0) is 0 Å². The Kier molecular flexibility index (Phi) is 2.91. The Labute approximate surface area is 96.9 Å². The molecule has 0 saturated heterocycles. The molecule has 2 N–H and O–H groups in total. The molecule has 1 heterocycles. The largest absolute Gasteiger partial charge is 0.494 e. The highest BCUT2D eigenvalue weighted by Crippen LogP contribution is 2.27. The van der Waals surface area contributed by atoms with E-state index < -0.39 is 11.6 Å². The number of nitrogens with zero attached hydrogens (tertiary/aromatic N) is 1. The maximum Gasteiger partial charge on any atom is 0.165 e. The van der Waals surface area contributed by atoms with Gasteiger partial charge in [0.2, 0.25) is 0 Å². The summed E-state index contributed by atoms with van der Waals surface area (Å²) in [5.41, 5.74) is 6.59. The van der Waals surface area contributed by atoms with Crippen molar-refractivity contribution >= 4 is 5.69 Å². The number of nitrogens with two attached hydrogens (primary N) is 1. The van der Waals surface area contributed by atoms with Crippen molar-refractivity contribution in [1.29, 1.82) is 0 Å². The predicted octanol–water partition coefficient (Wildman–Crippen LogP) is 2.62. The number of benzene rings is 1. The molecule has 0 atom stereocenters. The summed E-state index contributed by atoms with van der Waals surface area (Å²) in [5.74, 6) is -0.912. The number of pyridine rings is 1. The van der Waals surface area contributed by atoms with Gasteiger partial charge < -0.3 is 10.5 Å². The minimum atomic E-state index is -0.528. The van der Waals surface area contributed by atoms with Gasteiger partial charge in [-0.1, -0.05) is 0 Å². The highest BCUT2D eigenvalue weighted by molar-refractivity contribution is 5.72. The van der Waals surface area contributed by atoms with Gasteiger partial charge in [-0.15, -0.1) is 0 Å². The number of anilines is 1. The van der Waals surface area contributed by atoms with Crippen LogP contribution in [0, 0.1) is 11.6 Å². The monoisotopic (exact) mass is 236 g/mol. The van der Waals surface area contributed by atoms with E-state index in [2.05, 4.69) is 4.98 Å². The summed E-state index contributed by atoms with van der Waals surface area (Å²) in [7, 11) is 1.38. The first kappa shape index (κ1) is 11.3. The molecule has 0 fully saturated rings. The molecule has 1 aromatic heterocycles. The molecule has 88 valence electrons. The molecule has 0 amide bonds. The van der Waals surface area contributed by atoms with Crippen molar-refractivity contribution in [1.82, 2.24) is 4.98 Å². The zero-order valence-corrected chi connectivity index (χ0v) is 9.08. The quantitative estimate of drug-likeness (QED) is 0.871. The first-order valence-corrected chi connectivity index (χ1v) is 4.86. The number of ether oxygens (including phenoxy) is 1. The third-order valence-corrected chi connectivity index (χ3v) is 2.31. The smallest absolute Gasteiger partial charge is 0.165 e. The Morgan fingerprint density at radius 1 is 1.24 bits per heavy atom. The molecule has 5 heteroatoms. The number of rotatable bonds is 2. The molecule has 0 spiro atoms. The fourth-order valence-corrected chi connectivity index (χ4v) is 1.51. The Morgan fingerprint density at radius 3 is 2.59 bits per heavy atom. The van der Waals surface area contributed by atoms with Gasteiger partial charge in [-0.3, -0.25) is 4.98 Å². The summed E-state index contributed by atoms with van der Waals surface area (Å²) < 4.78 is 31.1. The summed E-state index contributed by atoms with van der Waals surface area (Å²) in [6, 6.07) is 5.47. The van der Waals surface area contributed by atoms with Gasteiger partial charge in [-0.2, -0.15) is 0 Å². The van der Waals surface area contributed by atoms with Crippen LogP contribution in [0.1, 0.15) is 0 Å². The Hall–Kier alpha value is -2.17. The third-order valence-electron chi connectivity index (χ3n) is 2.31. The average Bonchev–Trinajstić information content (AvgIpc) is 2.29. The number of halogens is 2. The second kappa shape index (κ2) is 4.37. The topological polar surface area (TPSA) is 48.1 Å². The lowest BCUT2D eigenvalue weighted by atomic mass is 10.1. The van der Waals surface area contributed by atoms with E-state index in [0.717, 1.165) is 12.3 Å². The summed E-state index contributed by atoms with van der Waals surface area (Å²) >= 11 is 0. The van der Waals surface area contributed by atoms with E-state index in [1.165, 1.54) is 19.2 Å². The first-order valence-electron chi connectivity index (χ1n) is 4.86. The fraction of sp³-hybridized carbons (Fsp3) is 0.0833. The molecule has 0 aliphatic rings. The van der Waals surface area contributed by atoms with Crippen LogP contribution in [0.5, 0.6) is 5.75 Å². The van der Waals surface area contributed by atoms with E-state index in [-0.39, 0.29) is 11.4 Å². The molecule has 0 aliphatic heterocycles. The number of hydrogen-bond donors (Lipinski definition) is 1. The van der Waals surface area contributed by atoms with Crippen molar-refractivity contribution in [3.8, 4) is 17.0 Å².